The highest BCUT2D eigenvalue weighted by atomic mass is 32.2. The molecular weight excluding hydrogens is 310 g/mol. The van der Waals surface area contributed by atoms with E-state index in [1.165, 1.54) is 11.8 Å². The third-order valence-corrected chi connectivity index (χ3v) is 4.50. The quantitative estimate of drug-likeness (QED) is 0.752. The Morgan fingerprint density at radius 3 is 2.74 bits per heavy atom. The zero-order valence-corrected chi connectivity index (χ0v) is 14.6. The Morgan fingerprint density at radius 2 is 2.13 bits per heavy atom. The van der Waals surface area contributed by atoms with Gasteiger partial charge in [0.1, 0.15) is 10.8 Å². The van der Waals surface area contributed by atoms with Crippen molar-refractivity contribution in [1.29, 1.82) is 0 Å². The summed E-state index contributed by atoms with van der Waals surface area (Å²) in [4.78, 5) is 19.0. The van der Waals surface area contributed by atoms with Crippen LogP contribution in [0.5, 0.6) is 0 Å². The lowest BCUT2D eigenvalue weighted by atomic mass is 10.1. The predicted molar refractivity (Wildman–Crippen MR) is 92.7 cm³/mol. The van der Waals surface area contributed by atoms with E-state index in [0.717, 1.165) is 23.9 Å². The molecule has 0 spiro atoms. The molecule has 0 bridgehead atoms. The molecule has 0 aliphatic carbocycles. The molecule has 0 unspecified atom stereocenters. The SMILES string of the molecule is CCN(CC)[C@H](CNC(=O)c1cccnc1SC)c1ccco1. The average molecular weight is 333 g/mol. The Morgan fingerprint density at radius 1 is 1.35 bits per heavy atom. The second kappa shape index (κ2) is 8.74. The fraction of sp³-hybridized carbons (Fsp3) is 0.412. The van der Waals surface area contributed by atoms with Gasteiger partial charge in [-0.05, 0) is 43.6 Å². The van der Waals surface area contributed by atoms with Gasteiger partial charge in [-0.3, -0.25) is 9.69 Å². The van der Waals surface area contributed by atoms with Gasteiger partial charge in [0.15, 0.2) is 0 Å². The van der Waals surface area contributed by atoms with E-state index in [0.29, 0.717) is 12.1 Å². The van der Waals surface area contributed by atoms with E-state index >= 15 is 0 Å². The van der Waals surface area contributed by atoms with Crippen LogP contribution in [0.4, 0.5) is 0 Å². The van der Waals surface area contributed by atoms with Crippen LogP contribution in [0.3, 0.4) is 0 Å². The number of nitrogens with zero attached hydrogens (tertiary/aromatic N) is 2. The molecule has 2 aromatic heterocycles. The minimum absolute atomic E-state index is 0.0263. The Balaban J connectivity index is 2.10. The maximum atomic E-state index is 12.5. The van der Waals surface area contributed by atoms with Crippen molar-refractivity contribution in [1.82, 2.24) is 15.2 Å². The largest absolute Gasteiger partial charge is 0.468 e. The zero-order chi connectivity index (χ0) is 16.7. The standard InChI is InChI=1S/C17H23N3O2S/c1-4-20(5-2)14(15-9-7-11-22-15)12-19-16(21)13-8-6-10-18-17(13)23-3/h6-11,14H,4-5,12H2,1-3H3,(H,19,21)/t14-/m1/s1. The molecular formula is C17H23N3O2S. The smallest absolute Gasteiger partial charge is 0.254 e. The van der Waals surface area contributed by atoms with Crippen molar-refractivity contribution in [3.8, 4) is 0 Å². The first-order chi connectivity index (χ1) is 11.2. The number of aromatic nitrogens is 1. The number of rotatable bonds is 8. The van der Waals surface area contributed by atoms with E-state index in [1.807, 2.05) is 18.4 Å². The van der Waals surface area contributed by atoms with Crippen LogP contribution in [0.25, 0.3) is 0 Å². The van der Waals surface area contributed by atoms with Crippen LogP contribution >= 0.6 is 11.8 Å². The lowest BCUT2D eigenvalue weighted by molar-refractivity contribution is 0.0926. The fourth-order valence-electron chi connectivity index (χ4n) is 2.57. The molecule has 0 saturated heterocycles. The van der Waals surface area contributed by atoms with E-state index in [9.17, 15) is 4.79 Å². The highest BCUT2D eigenvalue weighted by molar-refractivity contribution is 7.98. The van der Waals surface area contributed by atoms with Gasteiger partial charge in [0.2, 0.25) is 0 Å². The summed E-state index contributed by atoms with van der Waals surface area (Å²) in [7, 11) is 0. The molecule has 0 aliphatic rings. The van der Waals surface area contributed by atoms with Gasteiger partial charge >= 0.3 is 0 Å². The minimum atomic E-state index is -0.105. The topological polar surface area (TPSA) is 58.4 Å². The number of furan rings is 1. The molecule has 0 radical (unpaired) electrons. The Kier molecular flexibility index (Phi) is 6.67. The molecule has 0 aliphatic heterocycles. The summed E-state index contributed by atoms with van der Waals surface area (Å²) in [6.45, 7) is 6.49. The predicted octanol–water partition coefficient (Wildman–Crippen LogP) is 3.21. The van der Waals surface area contributed by atoms with Gasteiger partial charge in [-0.1, -0.05) is 13.8 Å². The summed E-state index contributed by atoms with van der Waals surface area (Å²) in [6, 6.07) is 7.43. The molecule has 1 atom stereocenters. The van der Waals surface area contributed by atoms with Crippen LogP contribution < -0.4 is 5.32 Å². The van der Waals surface area contributed by atoms with Crippen molar-refractivity contribution in [2.75, 3.05) is 25.9 Å². The van der Waals surface area contributed by atoms with E-state index in [2.05, 4.69) is 29.0 Å². The summed E-state index contributed by atoms with van der Waals surface area (Å²) in [6.07, 6.45) is 5.28. The van der Waals surface area contributed by atoms with Crippen LogP contribution in [-0.4, -0.2) is 41.7 Å². The van der Waals surface area contributed by atoms with Crippen LogP contribution in [0.1, 0.15) is 36.0 Å². The third-order valence-electron chi connectivity index (χ3n) is 3.79. The molecule has 0 fully saturated rings. The second-order valence-corrected chi connectivity index (χ2v) is 5.82. The number of hydrogen-bond acceptors (Lipinski definition) is 5. The van der Waals surface area contributed by atoms with Crippen molar-refractivity contribution < 1.29 is 9.21 Å². The van der Waals surface area contributed by atoms with Crippen LogP contribution in [0, 0.1) is 0 Å². The number of pyridine rings is 1. The Hall–Kier alpha value is -1.79. The first-order valence-corrected chi connectivity index (χ1v) is 8.98. The molecule has 1 N–H and O–H groups in total. The summed E-state index contributed by atoms with van der Waals surface area (Å²) in [5.41, 5.74) is 0.609. The van der Waals surface area contributed by atoms with Gasteiger partial charge < -0.3 is 9.73 Å². The lowest BCUT2D eigenvalue weighted by Gasteiger charge is -2.28. The highest BCUT2D eigenvalue weighted by Gasteiger charge is 2.22. The molecule has 124 valence electrons. The van der Waals surface area contributed by atoms with Crippen molar-refractivity contribution in [3.63, 3.8) is 0 Å². The summed E-state index contributed by atoms with van der Waals surface area (Å²) in [5, 5.41) is 3.76. The molecule has 2 rings (SSSR count). The number of thioether (sulfide) groups is 1. The zero-order valence-electron chi connectivity index (χ0n) is 13.8. The average Bonchev–Trinajstić information content (AvgIpc) is 3.12. The van der Waals surface area contributed by atoms with Crippen LogP contribution in [0.15, 0.2) is 46.2 Å². The summed E-state index contributed by atoms with van der Waals surface area (Å²) in [5.74, 6) is 0.761. The number of carbonyl (C=O) groups is 1. The molecule has 2 heterocycles. The molecule has 2 aromatic rings. The van der Waals surface area contributed by atoms with Gasteiger partial charge in [-0.25, -0.2) is 4.98 Å². The lowest BCUT2D eigenvalue weighted by Crippen LogP contribution is -2.38. The van der Waals surface area contributed by atoms with Crippen molar-refractivity contribution in [3.05, 3.63) is 48.0 Å². The minimum Gasteiger partial charge on any atom is -0.468 e. The number of amides is 1. The van der Waals surface area contributed by atoms with E-state index in [-0.39, 0.29) is 11.9 Å². The van der Waals surface area contributed by atoms with Crippen LogP contribution in [0.2, 0.25) is 0 Å². The number of hydrogen-bond donors (Lipinski definition) is 1. The highest BCUT2D eigenvalue weighted by Crippen LogP contribution is 2.21. The van der Waals surface area contributed by atoms with Gasteiger partial charge in [0.25, 0.3) is 5.91 Å². The number of likely N-dealkylation sites (N-methyl/N-ethyl adjacent to an activating group) is 1. The first kappa shape index (κ1) is 17.6. The molecule has 5 nitrogen and oxygen atoms in total. The first-order valence-electron chi connectivity index (χ1n) is 7.75. The summed E-state index contributed by atoms with van der Waals surface area (Å²) >= 11 is 1.47. The van der Waals surface area contributed by atoms with Crippen LogP contribution in [-0.2, 0) is 0 Å². The van der Waals surface area contributed by atoms with Crippen molar-refractivity contribution in [2.45, 2.75) is 24.9 Å². The van der Waals surface area contributed by atoms with Gasteiger partial charge in [0.05, 0.1) is 17.9 Å². The molecule has 0 saturated carbocycles. The van der Waals surface area contributed by atoms with E-state index < -0.39 is 0 Å². The molecule has 1 amide bonds. The third kappa shape index (κ3) is 4.36. The molecule has 0 aromatic carbocycles. The van der Waals surface area contributed by atoms with Gasteiger partial charge in [-0.15, -0.1) is 11.8 Å². The number of nitrogens with one attached hydrogen (secondary N) is 1. The maximum Gasteiger partial charge on any atom is 0.254 e. The monoisotopic (exact) mass is 333 g/mol. The van der Waals surface area contributed by atoms with Gasteiger partial charge in [-0.2, -0.15) is 0 Å². The summed E-state index contributed by atoms with van der Waals surface area (Å²) < 4.78 is 5.55. The maximum absolute atomic E-state index is 12.5. The van der Waals surface area contributed by atoms with Crippen molar-refractivity contribution in [2.24, 2.45) is 0 Å². The molecule has 6 heteroatoms. The fourth-order valence-corrected chi connectivity index (χ4v) is 3.11. The van der Waals surface area contributed by atoms with E-state index in [1.54, 1.807) is 24.6 Å². The Bertz CT molecular complexity index is 612. The molecule has 23 heavy (non-hydrogen) atoms. The number of carbonyl (C=O) groups excluding carboxylic acids is 1. The second-order valence-electron chi connectivity index (χ2n) is 5.02. The Labute approximate surface area is 141 Å². The normalized spacial score (nSPS) is 12.3. The van der Waals surface area contributed by atoms with Gasteiger partial charge in [0, 0.05) is 12.7 Å². The van der Waals surface area contributed by atoms with Crippen molar-refractivity contribution >= 4 is 17.7 Å². The van der Waals surface area contributed by atoms with E-state index in [4.69, 9.17) is 4.42 Å².